The van der Waals surface area contributed by atoms with Crippen LogP contribution in [-0.2, 0) is 4.79 Å². The van der Waals surface area contributed by atoms with Crippen molar-refractivity contribution in [1.29, 1.82) is 0 Å². The van der Waals surface area contributed by atoms with Gasteiger partial charge in [-0.1, -0.05) is 0 Å². The number of nitrogens with one attached hydrogen (secondary N) is 1. The Hall–Kier alpha value is -1.55. The molecular formula is C10H15NO3. The molecule has 1 rings (SSSR count). The molecule has 0 aromatic heterocycles. The van der Waals surface area contributed by atoms with Gasteiger partial charge in [0.05, 0.1) is 6.61 Å². The molecule has 0 unspecified atom stereocenters. The van der Waals surface area contributed by atoms with Crippen LogP contribution in [-0.4, -0.2) is 18.0 Å². The minimum atomic E-state index is -0.0656. The Balaban J connectivity index is 0.00000169. The summed E-state index contributed by atoms with van der Waals surface area (Å²) in [5.41, 5.74) is 0.788. The normalized spacial score (nSPS) is 8.71. The van der Waals surface area contributed by atoms with Crippen molar-refractivity contribution < 1.29 is 15.0 Å². The maximum Gasteiger partial charge on any atom is 0.221 e. The van der Waals surface area contributed by atoms with Gasteiger partial charge < -0.3 is 15.5 Å². The first kappa shape index (κ1) is 12.4. The SMILES string of the molecule is CCOc1ccc(NC(C)=O)cc1.O. The first-order valence-electron chi connectivity index (χ1n) is 4.23. The van der Waals surface area contributed by atoms with Gasteiger partial charge in [-0.05, 0) is 31.2 Å². The fraction of sp³-hybridized carbons (Fsp3) is 0.300. The van der Waals surface area contributed by atoms with Gasteiger partial charge in [-0.15, -0.1) is 0 Å². The lowest BCUT2D eigenvalue weighted by Crippen LogP contribution is -2.05. The summed E-state index contributed by atoms with van der Waals surface area (Å²) in [5.74, 6) is 0.751. The maximum absolute atomic E-state index is 10.7. The number of carbonyl (C=O) groups is 1. The standard InChI is InChI=1S/C10H13NO2.H2O/c1-3-13-10-6-4-9(5-7-10)11-8(2)12;/h4-7H,3H2,1-2H3,(H,11,12);1H2. The van der Waals surface area contributed by atoms with E-state index in [-0.39, 0.29) is 11.4 Å². The lowest BCUT2D eigenvalue weighted by molar-refractivity contribution is -0.114. The van der Waals surface area contributed by atoms with Gasteiger partial charge in [0.15, 0.2) is 0 Å². The van der Waals surface area contributed by atoms with Crippen LogP contribution in [0, 0.1) is 0 Å². The Morgan fingerprint density at radius 1 is 1.36 bits per heavy atom. The summed E-state index contributed by atoms with van der Waals surface area (Å²) in [6.07, 6.45) is 0. The summed E-state index contributed by atoms with van der Waals surface area (Å²) in [5, 5.41) is 2.68. The molecular weight excluding hydrogens is 182 g/mol. The van der Waals surface area contributed by atoms with Gasteiger partial charge in [0.25, 0.3) is 0 Å². The molecule has 0 radical (unpaired) electrons. The first-order chi connectivity index (χ1) is 6.22. The zero-order valence-electron chi connectivity index (χ0n) is 8.33. The average molecular weight is 197 g/mol. The van der Waals surface area contributed by atoms with Crippen molar-refractivity contribution >= 4 is 11.6 Å². The number of rotatable bonds is 3. The number of hydrogen-bond acceptors (Lipinski definition) is 2. The molecule has 78 valence electrons. The molecule has 0 fully saturated rings. The van der Waals surface area contributed by atoms with Crippen molar-refractivity contribution in [2.45, 2.75) is 13.8 Å². The van der Waals surface area contributed by atoms with Crippen molar-refractivity contribution in [3.05, 3.63) is 24.3 Å². The van der Waals surface area contributed by atoms with E-state index in [9.17, 15) is 4.79 Å². The van der Waals surface area contributed by atoms with E-state index in [0.717, 1.165) is 11.4 Å². The van der Waals surface area contributed by atoms with Crippen LogP contribution in [0.1, 0.15) is 13.8 Å². The molecule has 0 spiro atoms. The second-order valence-electron chi connectivity index (χ2n) is 2.64. The van der Waals surface area contributed by atoms with E-state index in [0.29, 0.717) is 6.61 Å². The third-order valence-electron chi connectivity index (χ3n) is 1.49. The Morgan fingerprint density at radius 2 is 1.93 bits per heavy atom. The van der Waals surface area contributed by atoms with E-state index in [1.165, 1.54) is 6.92 Å². The summed E-state index contributed by atoms with van der Waals surface area (Å²) in [7, 11) is 0. The highest BCUT2D eigenvalue weighted by Crippen LogP contribution is 2.15. The highest BCUT2D eigenvalue weighted by molar-refractivity contribution is 5.88. The van der Waals surface area contributed by atoms with Crippen molar-refractivity contribution in [3.8, 4) is 5.75 Å². The molecule has 3 N–H and O–H groups in total. The minimum absolute atomic E-state index is 0. The Labute approximate surface area is 83.2 Å². The molecule has 4 nitrogen and oxygen atoms in total. The molecule has 0 aliphatic heterocycles. The third-order valence-corrected chi connectivity index (χ3v) is 1.49. The lowest BCUT2D eigenvalue weighted by Gasteiger charge is -2.04. The summed E-state index contributed by atoms with van der Waals surface area (Å²) in [6.45, 7) is 4.07. The predicted molar refractivity (Wildman–Crippen MR) is 55.5 cm³/mol. The summed E-state index contributed by atoms with van der Waals surface area (Å²) >= 11 is 0. The van der Waals surface area contributed by atoms with Crippen molar-refractivity contribution in [2.24, 2.45) is 0 Å². The smallest absolute Gasteiger partial charge is 0.221 e. The summed E-state index contributed by atoms with van der Waals surface area (Å²) in [4.78, 5) is 10.7. The van der Waals surface area contributed by atoms with Crippen molar-refractivity contribution in [3.63, 3.8) is 0 Å². The largest absolute Gasteiger partial charge is 0.494 e. The molecule has 0 aliphatic carbocycles. The number of ether oxygens (including phenoxy) is 1. The molecule has 1 aromatic rings. The predicted octanol–water partition coefficient (Wildman–Crippen LogP) is 1.22. The Morgan fingerprint density at radius 3 is 2.36 bits per heavy atom. The van der Waals surface area contributed by atoms with Crippen LogP contribution in [0.15, 0.2) is 24.3 Å². The van der Waals surface area contributed by atoms with Gasteiger partial charge in [0.2, 0.25) is 5.91 Å². The molecule has 0 saturated carbocycles. The number of anilines is 1. The van der Waals surface area contributed by atoms with Crippen LogP contribution in [0.25, 0.3) is 0 Å². The highest BCUT2D eigenvalue weighted by Gasteiger charge is 1.95. The van der Waals surface area contributed by atoms with Gasteiger partial charge >= 0.3 is 0 Å². The zero-order chi connectivity index (χ0) is 9.68. The second kappa shape index (κ2) is 5.99. The van der Waals surface area contributed by atoms with Gasteiger partial charge in [0, 0.05) is 12.6 Å². The Kier molecular flexibility index (Phi) is 5.33. The molecule has 14 heavy (non-hydrogen) atoms. The van der Waals surface area contributed by atoms with E-state index < -0.39 is 0 Å². The van der Waals surface area contributed by atoms with Crippen LogP contribution in [0.3, 0.4) is 0 Å². The molecule has 1 aromatic carbocycles. The zero-order valence-corrected chi connectivity index (χ0v) is 8.33. The fourth-order valence-electron chi connectivity index (χ4n) is 1.00. The third kappa shape index (κ3) is 3.91. The molecule has 0 saturated heterocycles. The van der Waals surface area contributed by atoms with Gasteiger partial charge in [-0.2, -0.15) is 0 Å². The van der Waals surface area contributed by atoms with E-state index in [4.69, 9.17) is 4.74 Å². The van der Waals surface area contributed by atoms with Crippen LogP contribution in [0.2, 0.25) is 0 Å². The van der Waals surface area contributed by atoms with Crippen LogP contribution < -0.4 is 10.1 Å². The van der Waals surface area contributed by atoms with Crippen LogP contribution in [0.4, 0.5) is 5.69 Å². The monoisotopic (exact) mass is 197 g/mol. The summed E-state index contributed by atoms with van der Waals surface area (Å²) in [6, 6.07) is 7.28. The molecule has 0 bridgehead atoms. The molecule has 0 heterocycles. The van der Waals surface area contributed by atoms with E-state index in [2.05, 4.69) is 5.32 Å². The highest BCUT2D eigenvalue weighted by atomic mass is 16.5. The maximum atomic E-state index is 10.7. The number of carbonyl (C=O) groups excluding carboxylic acids is 1. The van der Waals surface area contributed by atoms with E-state index in [1.54, 1.807) is 0 Å². The fourth-order valence-corrected chi connectivity index (χ4v) is 1.00. The quantitative estimate of drug-likeness (QED) is 0.791. The van der Waals surface area contributed by atoms with Gasteiger partial charge in [-0.25, -0.2) is 0 Å². The van der Waals surface area contributed by atoms with Crippen molar-refractivity contribution in [2.75, 3.05) is 11.9 Å². The average Bonchev–Trinajstić information content (AvgIpc) is 2.08. The van der Waals surface area contributed by atoms with E-state index >= 15 is 0 Å². The van der Waals surface area contributed by atoms with Crippen LogP contribution >= 0.6 is 0 Å². The second-order valence-corrected chi connectivity index (χ2v) is 2.64. The first-order valence-corrected chi connectivity index (χ1v) is 4.23. The van der Waals surface area contributed by atoms with Gasteiger partial charge in [0.1, 0.15) is 5.75 Å². The van der Waals surface area contributed by atoms with Gasteiger partial charge in [-0.3, -0.25) is 4.79 Å². The topological polar surface area (TPSA) is 69.8 Å². The molecule has 0 aliphatic rings. The Bertz CT molecular complexity index is 282. The minimum Gasteiger partial charge on any atom is -0.494 e. The molecule has 0 atom stereocenters. The van der Waals surface area contributed by atoms with Crippen molar-refractivity contribution in [1.82, 2.24) is 0 Å². The molecule has 1 amide bonds. The number of benzene rings is 1. The van der Waals surface area contributed by atoms with Crippen LogP contribution in [0.5, 0.6) is 5.75 Å². The summed E-state index contributed by atoms with van der Waals surface area (Å²) < 4.78 is 5.25. The number of hydrogen-bond donors (Lipinski definition) is 1. The molecule has 4 heteroatoms. The van der Waals surface area contributed by atoms with E-state index in [1.807, 2.05) is 31.2 Å². The lowest BCUT2D eigenvalue weighted by atomic mass is 10.3. The number of amides is 1.